The summed E-state index contributed by atoms with van der Waals surface area (Å²) >= 11 is 0. The Morgan fingerprint density at radius 1 is 1.47 bits per heavy atom. The van der Waals surface area contributed by atoms with Crippen molar-refractivity contribution in [2.75, 3.05) is 25.6 Å². The minimum Gasteiger partial charge on any atom is -0.383 e. The zero-order chi connectivity index (χ0) is 12.4. The van der Waals surface area contributed by atoms with Crippen LogP contribution in [0.25, 0.3) is 5.65 Å². The SMILES string of the molecule is COCCNc1nc(C)c(C)c2n[nH]c(=O)n12. The van der Waals surface area contributed by atoms with Crippen LogP contribution in [0.1, 0.15) is 11.3 Å². The number of nitrogens with one attached hydrogen (secondary N) is 2. The van der Waals surface area contributed by atoms with Crippen LogP contribution in [0.4, 0.5) is 5.95 Å². The van der Waals surface area contributed by atoms with Crippen molar-refractivity contribution >= 4 is 11.6 Å². The van der Waals surface area contributed by atoms with E-state index in [1.165, 1.54) is 4.40 Å². The largest absolute Gasteiger partial charge is 0.383 e. The van der Waals surface area contributed by atoms with Gasteiger partial charge in [0.05, 0.1) is 6.61 Å². The minimum absolute atomic E-state index is 0.296. The molecule has 17 heavy (non-hydrogen) atoms. The molecule has 0 amide bonds. The lowest BCUT2D eigenvalue weighted by Crippen LogP contribution is -2.19. The molecule has 2 aromatic heterocycles. The molecule has 2 aromatic rings. The van der Waals surface area contributed by atoms with Crippen molar-refractivity contribution in [2.24, 2.45) is 0 Å². The highest BCUT2D eigenvalue weighted by Crippen LogP contribution is 2.13. The lowest BCUT2D eigenvalue weighted by atomic mass is 10.2. The van der Waals surface area contributed by atoms with Crippen molar-refractivity contribution < 1.29 is 4.74 Å². The predicted molar refractivity (Wildman–Crippen MR) is 63.4 cm³/mol. The molecule has 0 atom stereocenters. The molecule has 0 aliphatic carbocycles. The van der Waals surface area contributed by atoms with Gasteiger partial charge >= 0.3 is 5.69 Å². The fraction of sp³-hybridized carbons (Fsp3) is 0.500. The lowest BCUT2D eigenvalue weighted by Gasteiger charge is -2.09. The zero-order valence-corrected chi connectivity index (χ0v) is 10.1. The average molecular weight is 237 g/mol. The van der Waals surface area contributed by atoms with E-state index >= 15 is 0 Å². The third kappa shape index (κ3) is 2.01. The molecule has 0 aromatic carbocycles. The predicted octanol–water partition coefficient (Wildman–Crippen LogP) is 0.0927. The van der Waals surface area contributed by atoms with E-state index in [1.54, 1.807) is 7.11 Å². The molecule has 2 heterocycles. The van der Waals surface area contributed by atoms with Gasteiger partial charge in [0.15, 0.2) is 5.65 Å². The molecule has 0 saturated heterocycles. The molecule has 0 radical (unpaired) electrons. The van der Waals surface area contributed by atoms with Crippen molar-refractivity contribution in [1.82, 2.24) is 19.6 Å². The number of aromatic amines is 1. The first kappa shape index (κ1) is 11.6. The number of nitrogens with zero attached hydrogens (tertiary/aromatic N) is 3. The first-order valence-corrected chi connectivity index (χ1v) is 5.32. The first-order chi connectivity index (χ1) is 8.15. The summed E-state index contributed by atoms with van der Waals surface area (Å²) in [7, 11) is 1.62. The molecule has 0 spiro atoms. The van der Waals surface area contributed by atoms with E-state index in [0.717, 1.165) is 11.3 Å². The van der Waals surface area contributed by atoms with E-state index in [1.807, 2.05) is 13.8 Å². The molecule has 0 fully saturated rings. The van der Waals surface area contributed by atoms with Gasteiger partial charge < -0.3 is 10.1 Å². The highest BCUT2D eigenvalue weighted by molar-refractivity contribution is 5.52. The summed E-state index contributed by atoms with van der Waals surface area (Å²) in [5, 5.41) is 9.45. The summed E-state index contributed by atoms with van der Waals surface area (Å²) in [6.45, 7) is 4.90. The highest BCUT2D eigenvalue weighted by Gasteiger charge is 2.11. The second-order valence-corrected chi connectivity index (χ2v) is 3.75. The minimum atomic E-state index is -0.296. The molecule has 7 nitrogen and oxygen atoms in total. The Morgan fingerprint density at radius 2 is 2.24 bits per heavy atom. The molecule has 0 bridgehead atoms. The summed E-state index contributed by atoms with van der Waals surface area (Å²) in [5.74, 6) is 0.485. The normalized spacial score (nSPS) is 11.0. The highest BCUT2D eigenvalue weighted by atomic mass is 16.5. The molecule has 2 rings (SSSR count). The van der Waals surface area contributed by atoms with Crippen LogP contribution in [0.15, 0.2) is 4.79 Å². The van der Waals surface area contributed by atoms with Gasteiger partial charge in [-0.1, -0.05) is 0 Å². The Hall–Kier alpha value is -1.89. The number of hydrogen-bond donors (Lipinski definition) is 2. The van der Waals surface area contributed by atoms with Crippen LogP contribution in [-0.2, 0) is 4.74 Å². The molecule has 7 heteroatoms. The Kier molecular flexibility index (Phi) is 3.10. The summed E-state index contributed by atoms with van der Waals surface area (Å²) < 4.78 is 6.37. The molecule has 0 aliphatic rings. The molecule has 0 unspecified atom stereocenters. The van der Waals surface area contributed by atoms with Crippen LogP contribution in [0.3, 0.4) is 0 Å². The first-order valence-electron chi connectivity index (χ1n) is 5.32. The van der Waals surface area contributed by atoms with Crippen LogP contribution in [-0.4, -0.2) is 39.8 Å². The van der Waals surface area contributed by atoms with Crippen LogP contribution in [0.5, 0.6) is 0 Å². The van der Waals surface area contributed by atoms with Crippen LogP contribution < -0.4 is 11.0 Å². The van der Waals surface area contributed by atoms with E-state index in [4.69, 9.17) is 4.74 Å². The third-order valence-electron chi connectivity index (χ3n) is 2.63. The van der Waals surface area contributed by atoms with E-state index in [9.17, 15) is 4.79 Å². The number of rotatable bonds is 4. The second-order valence-electron chi connectivity index (χ2n) is 3.75. The van der Waals surface area contributed by atoms with Gasteiger partial charge in [-0.25, -0.2) is 19.3 Å². The number of aromatic nitrogens is 4. The molecular formula is C10H15N5O2. The summed E-state index contributed by atoms with van der Waals surface area (Å²) in [6, 6.07) is 0. The Labute approximate surface area is 97.8 Å². The van der Waals surface area contributed by atoms with Gasteiger partial charge in [-0.15, -0.1) is 0 Å². The summed E-state index contributed by atoms with van der Waals surface area (Å²) in [6.07, 6.45) is 0. The molecule has 92 valence electrons. The third-order valence-corrected chi connectivity index (χ3v) is 2.63. The maximum atomic E-state index is 11.6. The number of H-pyrrole nitrogens is 1. The van der Waals surface area contributed by atoms with Gasteiger partial charge in [0.2, 0.25) is 5.95 Å². The monoisotopic (exact) mass is 237 g/mol. The topological polar surface area (TPSA) is 84.3 Å². The van der Waals surface area contributed by atoms with Gasteiger partial charge in [0.1, 0.15) is 0 Å². The van der Waals surface area contributed by atoms with Gasteiger partial charge in [0.25, 0.3) is 0 Å². The van der Waals surface area contributed by atoms with Crippen LogP contribution in [0, 0.1) is 13.8 Å². The molecular weight excluding hydrogens is 222 g/mol. The number of fused-ring (bicyclic) bond motifs is 1. The number of aryl methyl sites for hydroxylation is 2. The molecule has 2 N–H and O–H groups in total. The van der Waals surface area contributed by atoms with E-state index < -0.39 is 0 Å². The summed E-state index contributed by atoms with van der Waals surface area (Å²) in [4.78, 5) is 16.0. The summed E-state index contributed by atoms with van der Waals surface area (Å²) in [5.41, 5.74) is 2.04. The number of methoxy groups -OCH3 is 1. The van der Waals surface area contributed by atoms with Crippen molar-refractivity contribution in [3.8, 4) is 0 Å². The van der Waals surface area contributed by atoms with E-state index in [2.05, 4.69) is 20.5 Å². The zero-order valence-electron chi connectivity index (χ0n) is 10.1. The Morgan fingerprint density at radius 3 is 2.94 bits per heavy atom. The Balaban J connectivity index is 2.50. The quantitative estimate of drug-likeness (QED) is 0.736. The second kappa shape index (κ2) is 4.54. The van der Waals surface area contributed by atoms with Gasteiger partial charge in [0, 0.05) is 24.9 Å². The van der Waals surface area contributed by atoms with Crippen molar-refractivity contribution in [3.05, 3.63) is 21.7 Å². The van der Waals surface area contributed by atoms with Gasteiger partial charge in [-0.2, -0.15) is 5.10 Å². The number of hydrogen-bond acceptors (Lipinski definition) is 5. The van der Waals surface area contributed by atoms with Gasteiger partial charge in [-0.05, 0) is 13.8 Å². The molecule has 0 aliphatic heterocycles. The number of anilines is 1. The maximum Gasteiger partial charge on any atom is 0.350 e. The molecule has 0 saturated carbocycles. The smallest absolute Gasteiger partial charge is 0.350 e. The van der Waals surface area contributed by atoms with E-state index in [-0.39, 0.29) is 5.69 Å². The van der Waals surface area contributed by atoms with Crippen molar-refractivity contribution in [1.29, 1.82) is 0 Å². The number of ether oxygens (including phenoxy) is 1. The van der Waals surface area contributed by atoms with Crippen LogP contribution in [0.2, 0.25) is 0 Å². The fourth-order valence-electron chi connectivity index (χ4n) is 1.58. The van der Waals surface area contributed by atoms with Crippen LogP contribution >= 0.6 is 0 Å². The average Bonchev–Trinajstić information content (AvgIpc) is 2.68. The van der Waals surface area contributed by atoms with Crippen molar-refractivity contribution in [2.45, 2.75) is 13.8 Å². The maximum absolute atomic E-state index is 11.6. The standard InChI is InChI=1S/C10H15N5O2/c1-6-7(2)12-9(11-4-5-17-3)15-8(6)13-14-10(15)16/h4-5H2,1-3H3,(H,11,12)(H,14,16). The lowest BCUT2D eigenvalue weighted by molar-refractivity contribution is 0.210. The Bertz CT molecular complexity index is 586. The van der Waals surface area contributed by atoms with Crippen molar-refractivity contribution in [3.63, 3.8) is 0 Å². The van der Waals surface area contributed by atoms with Gasteiger partial charge in [-0.3, -0.25) is 0 Å². The van der Waals surface area contributed by atoms with E-state index in [0.29, 0.717) is 24.7 Å². The fourth-order valence-corrected chi connectivity index (χ4v) is 1.58.